The van der Waals surface area contributed by atoms with Crippen molar-refractivity contribution < 1.29 is 23.1 Å². The van der Waals surface area contributed by atoms with Crippen LogP contribution in [0.4, 0.5) is 18.9 Å². The van der Waals surface area contributed by atoms with Crippen LogP contribution in [-0.4, -0.2) is 17.6 Å². The van der Waals surface area contributed by atoms with Crippen molar-refractivity contribution in [3.8, 4) is 0 Å². The number of benzene rings is 2. The molecule has 0 saturated heterocycles. The molecule has 0 aromatic heterocycles. The van der Waals surface area contributed by atoms with Gasteiger partial charge in [0.25, 0.3) is 0 Å². The molecule has 24 heavy (non-hydrogen) atoms. The molecule has 0 aliphatic carbocycles. The Balaban J connectivity index is 2.17. The molecule has 1 aliphatic rings. The summed E-state index contributed by atoms with van der Waals surface area (Å²) >= 11 is 0. The van der Waals surface area contributed by atoms with E-state index in [1.54, 1.807) is 30.3 Å². The summed E-state index contributed by atoms with van der Waals surface area (Å²) in [5.41, 5.74) is 0.742. The first-order chi connectivity index (χ1) is 11.3. The molecule has 6 heteroatoms. The third kappa shape index (κ3) is 2.75. The van der Waals surface area contributed by atoms with Gasteiger partial charge in [-0.25, -0.2) is 0 Å². The minimum atomic E-state index is -4.49. The first kappa shape index (κ1) is 16.1. The third-order valence-electron chi connectivity index (χ3n) is 3.97. The maximum atomic E-state index is 12.9. The number of amides is 1. The highest BCUT2D eigenvalue weighted by Crippen LogP contribution is 2.42. The lowest BCUT2D eigenvalue weighted by Gasteiger charge is -2.15. The van der Waals surface area contributed by atoms with E-state index in [-0.39, 0.29) is 23.9 Å². The van der Waals surface area contributed by atoms with E-state index in [1.165, 1.54) is 17.9 Å². The number of alkyl halides is 3. The highest BCUT2D eigenvalue weighted by molar-refractivity contribution is 6.06. The number of carbonyl (C=O) groups excluding carboxylic acids is 1. The molecule has 1 amide bonds. The van der Waals surface area contributed by atoms with E-state index in [2.05, 4.69) is 0 Å². The molecule has 1 heterocycles. The van der Waals surface area contributed by atoms with Gasteiger partial charge in [0.15, 0.2) is 0 Å². The van der Waals surface area contributed by atoms with Crippen LogP contribution in [-0.2, 0) is 11.0 Å². The average Bonchev–Trinajstić information content (AvgIpc) is 2.93. The number of halogens is 3. The molecule has 0 saturated carbocycles. The molecule has 0 atom stereocenters. The largest absolute Gasteiger partial charge is 0.507 e. The third-order valence-corrected chi connectivity index (χ3v) is 3.97. The van der Waals surface area contributed by atoms with Crippen molar-refractivity contribution in [3.63, 3.8) is 0 Å². The van der Waals surface area contributed by atoms with Gasteiger partial charge < -0.3 is 10.0 Å². The van der Waals surface area contributed by atoms with Crippen LogP contribution in [0.15, 0.2) is 48.5 Å². The summed E-state index contributed by atoms with van der Waals surface area (Å²) in [6.45, 7) is 1.32. The Morgan fingerprint density at radius 1 is 1.12 bits per heavy atom. The molecule has 124 valence electrons. The van der Waals surface area contributed by atoms with Gasteiger partial charge in [0.2, 0.25) is 5.91 Å². The quantitative estimate of drug-likeness (QED) is 0.781. The van der Waals surface area contributed by atoms with E-state index >= 15 is 0 Å². The van der Waals surface area contributed by atoms with E-state index in [9.17, 15) is 23.1 Å². The number of nitrogens with zero attached hydrogens (tertiary/aromatic N) is 1. The number of fused-ring (bicyclic) bond motifs is 1. The van der Waals surface area contributed by atoms with Crippen molar-refractivity contribution in [1.82, 2.24) is 0 Å². The molecule has 0 unspecified atom stereocenters. The van der Waals surface area contributed by atoms with Crippen molar-refractivity contribution in [2.75, 3.05) is 11.4 Å². The maximum absolute atomic E-state index is 12.9. The second-order valence-electron chi connectivity index (χ2n) is 5.53. The van der Waals surface area contributed by atoms with Crippen LogP contribution in [0.3, 0.4) is 0 Å². The molecule has 2 aromatic carbocycles. The van der Waals surface area contributed by atoms with Crippen LogP contribution < -0.4 is 4.90 Å². The first-order valence-electron chi connectivity index (χ1n) is 7.26. The second kappa shape index (κ2) is 5.70. The normalized spacial score (nSPS) is 16.1. The summed E-state index contributed by atoms with van der Waals surface area (Å²) < 4.78 is 38.8. The number of aliphatic hydroxyl groups excluding tert-OH is 1. The summed E-state index contributed by atoms with van der Waals surface area (Å²) in [5, 5.41) is 10.5. The van der Waals surface area contributed by atoms with Gasteiger partial charge in [-0.05, 0) is 12.1 Å². The molecule has 3 rings (SSSR count). The van der Waals surface area contributed by atoms with E-state index in [4.69, 9.17) is 0 Å². The topological polar surface area (TPSA) is 40.5 Å². The van der Waals surface area contributed by atoms with E-state index in [1.807, 2.05) is 0 Å². The molecule has 0 fully saturated rings. The summed E-state index contributed by atoms with van der Waals surface area (Å²) in [6.07, 6.45) is -4.49. The summed E-state index contributed by atoms with van der Waals surface area (Å²) in [7, 11) is 0. The predicted octanol–water partition coefficient (Wildman–Crippen LogP) is 4.50. The summed E-state index contributed by atoms with van der Waals surface area (Å²) in [5.74, 6) is -0.424. The van der Waals surface area contributed by atoms with Gasteiger partial charge in [-0.15, -0.1) is 0 Å². The smallest absolute Gasteiger partial charge is 0.416 e. The number of carbonyl (C=O) groups is 1. The highest BCUT2D eigenvalue weighted by Gasteiger charge is 2.35. The van der Waals surface area contributed by atoms with Gasteiger partial charge in [0, 0.05) is 23.6 Å². The Morgan fingerprint density at radius 2 is 1.79 bits per heavy atom. The monoisotopic (exact) mass is 333 g/mol. The number of aliphatic hydroxyl groups is 1. The lowest BCUT2D eigenvalue weighted by molar-refractivity contribution is -0.137. The highest BCUT2D eigenvalue weighted by atomic mass is 19.4. The van der Waals surface area contributed by atoms with Crippen LogP contribution in [0, 0.1) is 0 Å². The van der Waals surface area contributed by atoms with Crippen LogP contribution >= 0.6 is 0 Å². The SMILES string of the molecule is CC(=O)N1CC(=C(O)c2ccccc2)c2ccc(C(F)(F)F)cc21. The molecule has 2 aromatic rings. The Bertz CT molecular complexity index is 826. The van der Waals surface area contributed by atoms with Crippen LogP contribution in [0.2, 0.25) is 0 Å². The van der Waals surface area contributed by atoms with Gasteiger partial charge in [-0.2, -0.15) is 13.2 Å². The van der Waals surface area contributed by atoms with Crippen LogP contribution in [0.1, 0.15) is 23.6 Å². The maximum Gasteiger partial charge on any atom is 0.416 e. The first-order valence-corrected chi connectivity index (χ1v) is 7.26. The van der Waals surface area contributed by atoms with Gasteiger partial charge >= 0.3 is 6.18 Å². The van der Waals surface area contributed by atoms with Crippen molar-refractivity contribution in [2.24, 2.45) is 0 Å². The number of hydrogen-bond acceptors (Lipinski definition) is 2. The van der Waals surface area contributed by atoms with Gasteiger partial charge in [-0.1, -0.05) is 36.4 Å². The molecule has 0 spiro atoms. The van der Waals surface area contributed by atoms with E-state index in [0.29, 0.717) is 16.7 Å². The minimum Gasteiger partial charge on any atom is -0.507 e. The Kier molecular flexibility index (Phi) is 3.83. The zero-order valence-corrected chi connectivity index (χ0v) is 12.8. The van der Waals surface area contributed by atoms with Crippen LogP contribution in [0.25, 0.3) is 11.3 Å². The van der Waals surface area contributed by atoms with Crippen molar-refractivity contribution in [1.29, 1.82) is 0 Å². The lowest BCUT2D eigenvalue weighted by atomic mass is 10.0. The van der Waals surface area contributed by atoms with Crippen molar-refractivity contribution >= 4 is 22.9 Å². The molecular weight excluding hydrogens is 319 g/mol. The van der Waals surface area contributed by atoms with Gasteiger partial charge in [0.1, 0.15) is 5.76 Å². The molecule has 3 nitrogen and oxygen atoms in total. The molecule has 1 N–H and O–H groups in total. The Morgan fingerprint density at radius 3 is 2.38 bits per heavy atom. The van der Waals surface area contributed by atoms with Crippen LogP contribution in [0.5, 0.6) is 0 Å². The van der Waals surface area contributed by atoms with Gasteiger partial charge in [0.05, 0.1) is 17.8 Å². The van der Waals surface area contributed by atoms with Gasteiger partial charge in [-0.3, -0.25) is 4.79 Å². The molecular formula is C18H14F3NO2. The second-order valence-corrected chi connectivity index (χ2v) is 5.53. The standard InChI is InChI=1S/C18H14F3NO2/c1-11(23)22-10-15(17(24)12-5-3-2-4-6-12)14-8-7-13(9-16(14)22)18(19,20)21/h2-9,24H,10H2,1H3. The fraction of sp³-hybridized carbons (Fsp3) is 0.167. The molecule has 0 radical (unpaired) electrons. The summed E-state index contributed by atoms with van der Waals surface area (Å²) in [6, 6.07) is 11.9. The predicted molar refractivity (Wildman–Crippen MR) is 85.4 cm³/mol. The average molecular weight is 333 g/mol. The number of anilines is 1. The summed E-state index contributed by atoms with van der Waals surface area (Å²) in [4.78, 5) is 13.1. The van der Waals surface area contributed by atoms with E-state index < -0.39 is 11.7 Å². The minimum absolute atomic E-state index is 0.0344. The van der Waals surface area contributed by atoms with E-state index in [0.717, 1.165) is 12.1 Å². The Labute approximate surface area is 136 Å². The van der Waals surface area contributed by atoms with Crippen molar-refractivity contribution in [2.45, 2.75) is 13.1 Å². The lowest BCUT2D eigenvalue weighted by Crippen LogP contribution is -2.26. The zero-order chi connectivity index (χ0) is 17.5. The zero-order valence-electron chi connectivity index (χ0n) is 12.8. The molecule has 0 bridgehead atoms. The fourth-order valence-corrected chi connectivity index (χ4v) is 2.77. The number of hydrogen-bond donors (Lipinski definition) is 1. The molecule has 1 aliphatic heterocycles. The van der Waals surface area contributed by atoms with Crippen molar-refractivity contribution in [3.05, 3.63) is 65.2 Å². The number of rotatable bonds is 1. The Hall–Kier alpha value is -2.76. The fourth-order valence-electron chi connectivity index (χ4n) is 2.77.